The van der Waals surface area contributed by atoms with Crippen molar-refractivity contribution >= 4 is 17.2 Å². The molecule has 0 bridgehead atoms. The quantitative estimate of drug-likeness (QED) is 0.552. The Kier molecular flexibility index (Phi) is 9.05. The molecule has 2 aliphatic rings. The lowest BCUT2D eigenvalue weighted by Gasteiger charge is -2.30. The number of nitriles is 1. The van der Waals surface area contributed by atoms with Crippen LogP contribution in [0.5, 0.6) is 5.88 Å². The molecule has 0 radical (unpaired) electrons. The summed E-state index contributed by atoms with van der Waals surface area (Å²) in [6.07, 6.45) is 15.5. The average molecular weight is 504 g/mol. The summed E-state index contributed by atoms with van der Waals surface area (Å²) < 4.78 is 10.9. The first-order valence-corrected chi connectivity index (χ1v) is 12.8. The summed E-state index contributed by atoms with van der Waals surface area (Å²) in [7, 11) is 0. The monoisotopic (exact) mass is 503 g/mol. The molecule has 3 heterocycles. The zero-order valence-corrected chi connectivity index (χ0v) is 21.2. The van der Waals surface area contributed by atoms with Gasteiger partial charge in [0.2, 0.25) is 17.6 Å². The largest absolute Gasteiger partial charge is 0.477 e. The van der Waals surface area contributed by atoms with Crippen molar-refractivity contribution in [1.29, 1.82) is 5.26 Å². The number of piperidine rings is 1. The lowest BCUT2D eigenvalue weighted by Crippen LogP contribution is -2.38. The molecule has 0 unspecified atom stereocenters. The highest BCUT2D eigenvalue weighted by atomic mass is 16.5. The normalized spacial score (nSPS) is 19.9. The third kappa shape index (κ3) is 7.05. The number of carbonyl (C=O) groups is 1. The fourth-order valence-electron chi connectivity index (χ4n) is 4.38. The number of ether oxygens (including phenoxy) is 1. The highest BCUT2D eigenvalue weighted by Gasteiger charge is 2.23. The van der Waals surface area contributed by atoms with Crippen molar-refractivity contribution in [1.82, 2.24) is 25.3 Å². The smallest absolute Gasteiger partial charge is 0.270 e. The SMILES string of the molecule is CCOc1nc(C(=O)NCC2CCN(Cc3nc(C4=C/CCC/C=C/C=C\4)no3)CC2)cc(N)c1C#N. The van der Waals surface area contributed by atoms with Crippen LogP contribution in [-0.2, 0) is 6.54 Å². The molecule has 10 nitrogen and oxygen atoms in total. The van der Waals surface area contributed by atoms with Gasteiger partial charge < -0.3 is 20.3 Å². The molecule has 1 aliphatic heterocycles. The van der Waals surface area contributed by atoms with Crippen LogP contribution < -0.4 is 15.8 Å². The van der Waals surface area contributed by atoms with E-state index in [2.05, 4.69) is 43.6 Å². The van der Waals surface area contributed by atoms with Gasteiger partial charge in [-0.1, -0.05) is 35.5 Å². The van der Waals surface area contributed by atoms with Gasteiger partial charge in [0.1, 0.15) is 17.3 Å². The number of nitrogen functional groups attached to an aromatic ring is 1. The number of amides is 1. The van der Waals surface area contributed by atoms with Gasteiger partial charge >= 0.3 is 0 Å². The van der Waals surface area contributed by atoms with Crippen LogP contribution in [0.2, 0.25) is 0 Å². The maximum atomic E-state index is 12.7. The third-order valence-electron chi connectivity index (χ3n) is 6.45. The molecular weight excluding hydrogens is 470 g/mol. The number of likely N-dealkylation sites (tertiary alicyclic amines) is 1. The molecule has 194 valence electrons. The minimum atomic E-state index is -0.332. The van der Waals surface area contributed by atoms with Crippen LogP contribution in [0.15, 0.2) is 41.0 Å². The second kappa shape index (κ2) is 12.8. The zero-order valence-electron chi connectivity index (χ0n) is 21.2. The van der Waals surface area contributed by atoms with Crippen molar-refractivity contribution < 1.29 is 14.1 Å². The number of hydrogen-bond donors (Lipinski definition) is 2. The Morgan fingerprint density at radius 2 is 2.14 bits per heavy atom. The molecule has 0 saturated carbocycles. The van der Waals surface area contributed by atoms with Gasteiger partial charge in [-0.3, -0.25) is 9.69 Å². The van der Waals surface area contributed by atoms with Gasteiger partial charge in [0.15, 0.2) is 0 Å². The van der Waals surface area contributed by atoms with E-state index in [0.717, 1.165) is 50.8 Å². The van der Waals surface area contributed by atoms with E-state index in [0.29, 0.717) is 37.3 Å². The van der Waals surface area contributed by atoms with Crippen molar-refractivity contribution in [2.24, 2.45) is 5.92 Å². The number of pyridine rings is 1. The Labute approximate surface area is 216 Å². The number of anilines is 1. The Balaban J connectivity index is 1.26. The maximum absolute atomic E-state index is 12.7. The minimum Gasteiger partial charge on any atom is -0.477 e. The molecule has 37 heavy (non-hydrogen) atoms. The number of nitrogens with zero attached hydrogens (tertiary/aromatic N) is 5. The highest BCUT2D eigenvalue weighted by Crippen LogP contribution is 2.23. The second-order valence-electron chi connectivity index (χ2n) is 9.14. The van der Waals surface area contributed by atoms with Crippen molar-refractivity contribution in [3.05, 3.63) is 59.4 Å². The minimum absolute atomic E-state index is 0.0850. The summed E-state index contributed by atoms with van der Waals surface area (Å²) in [5.41, 5.74) is 7.38. The number of nitrogens with one attached hydrogen (secondary N) is 1. The average Bonchev–Trinajstić information content (AvgIpc) is 3.40. The number of aromatic nitrogens is 3. The van der Waals surface area contributed by atoms with Gasteiger partial charge in [-0.25, -0.2) is 4.98 Å². The first kappa shape index (κ1) is 26.1. The molecule has 1 saturated heterocycles. The van der Waals surface area contributed by atoms with E-state index < -0.39 is 0 Å². The summed E-state index contributed by atoms with van der Waals surface area (Å²) in [5, 5.41) is 16.4. The molecule has 2 aromatic heterocycles. The molecule has 2 aromatic rings. The van der Waals surface area contributed by atoms with Crippen molar-refractivity contribution in [3.8, 4) is 11.9 Å². The van der Waals surface area contributed by atoms with E-state index in [-0.39, 0.29) is 28.7 Å². The molecule has 0 aromatic carbocycles. The zero-order chi connectivity index (χ0) is 26.0. The van der Waals surface area contributed by atoms with Gasteiger partial charge in [-0.2, -0.15) is 10.2 Å². The molecule has 10 heteroatoms. The van der Waals surface area contributed by atoms with Crippen LogP contribution in [0.3, 0.4) is 0 Å². The first-order chi connectivity index (χ1) is 18.1. The summed E-state index contributed by atoms with van der Waals surface area (Å²) in [6, 6.07) is 3.39. The van der Waals surface area contributed by atoms with Crippen molar-refractivity contribution in [2.75, 3.05) is 32.0 Å². The summed E-state index contributed by atoms with van der Waals surface area (Å²) in [4.78, 5) is 23.8. The number of allylic oxidation sites excluding steroid dienone is 6. The van der Waals surface area contributed by atoms with Crippen molar-refractivity contribution in [3.63, 3.8) is 0 Å². The van der Waals surface area contributed by atoms with Gasteiger partial charge in [-0.05, 0) is 64.1 Å². The van der Waals surface area contributed by atoms with E-state index in [1.165, 1.54) is 6.07 Å². The first-order valence-electron chi connectivity index (χ1n) is 12.8. The molecular formula is C27H33N7O3. The summed E-state index contributed by atoms with van der Waals surface area (Å²) in [5.74, 6) is 1.34. The number of hydrogen-bond acceptors (Lipinski definition) is 9. The molecule has 1 amide bonds. The molecule has 0 atom stereocenters. The molecule has 0 spiro atoms. The highest BCUT2D eigenvalue weighted by molar-refractivity contribution is 5.93. The van der Waals surface area contributed by atoms with E-state index in [1.54, 1.807) is 6.92 Å². The predicted octanol–water partition coefficient (Wildman–Crippen LogP) is 3.64. The molecule has 4 rings (SSSR count). The number of carbonyl (C=O) groups excluding carboxylic acids is 1. The molecule has 1 fully saturated rings. The van der Waals surface area contributed by atoms with E-state index >= 15 is 0 Å². The van der Waals surface area contributed by atoms with E-state index in [9.17, 15) is 10.1 Å². The molecule has 1 aliphatic carbocycles. The van der Waals surface area contributed by atoms with Gasteiger partial charge in [0.25, 0.3) is 5.91 Å². The topological polar surface area (TPSA) is 143 Å². The fraction of sp³-hybridized carbons (Fsp3) is 0.444. The van der Waals surface area contributed by atoms with E-state index in [4.69, 9.17) is 15.0 Å². The lowest BCUT2D eigenvalue weighted by atomic mass is 9.96. The van der Waals surface area contributed by atoms with Gasteiger partial charge in [0, 0.05) is 12.1 Å². The lowest BCUT2D eigenvalue weighted by molar-refractivity contribution is 0.0927. The standard InChI is InChI=1S/C27H33N7O3/c1-2-36-27-21(16-28)22(29)15-23(31-27)26(35)30-17-19-11-13-34(14-12-19)18-24-32-25(33-37-24)20-9-7-5-3-4-6-8-10-20/h3,5,7,9-10,15,19H,2,4,6,8,11-14,17-18H2,1H3,(H2,29,31)(H,30,35)/b5-3+,9-7-,20-10+. The maximum Gasteiger partial charge on any atom is 0.270 e. The summed E-state index contributed by atoms with van der Waals surface area (Å²) >= 11 is 0. The van der Waals surface area contributed by atoms with Crippen LogP contribution in [0.25, 0.3) is 5.57 Å². The molecule has 3 N–H and O–H groups in total. The second-order valence-corrected chi connectivity index (χ2v) is 9.14. The summed E-state index contributed by atoms with van der Waals surface area (Å²) in [6.45, 7) is 5.00. The van der Waals surface area contributed by atoms with Crippen LogP contribution in [-0.4, -0.2) is 52.2 Å². The van der Waals surface area contributed by atoms with Crippen LogP contribution in [0.4, 0.5) is 5.69 Å². The Morgan fingerprint density at radius 3 is 2.92 bits per heavy atom. The Hall–Kier alpha value is -3.97. The van der Waals surface area contributed by atoms with Gasteiger partial charge in [0.05, 0.1) is 18.8 Å². The van der Waals surface area contributed by atoms with Gasteiger partial charge in [-0.15, -0.1) is 0 Å². The number of nitrogens with two attached hydrogens (primary N) is 1. The Bertz CT molecular complexity index is 1220. The van der Waals surface area contributed by atoms with Crippen LogP contribution in [0, 0.1) is 17.2 Å². The third-order valence-corrected chi connectivity index (χ3v) is 6.45. The fourth-order valence-corrected chi connectivity index (χ4v) is 4.38. The Morgan fingerprint density at radius 1 is 1.30 bits per heavy atom. The number of rotatable bonds is 8. The predicted molar refractivity (Wildman–Crippen MR) is 139 cm³/mol. The van der Waals surface area contributed by atoms with Crippen LogP contribution in [0.1, 0.15) is 66.8 Å². The van der Waals surface area contributed by atoms with E-state index in [1.807, 2.05) is 18.2 Å². The van der Waals surface area contributed by atoms with Crippen LogP contribution >= 0.6 is 0 Å². The van der Waals surface area contributed by atoms with Crippen molar-refractivity contribution in [2.45, 2.75) is 45.6 Å².